The minimum absolute atomic E-state index is 0.0539. The van der Waals surface area contributed by atoms with E-state index in [1.165, 1.54) is 25.7 Å². The molecule has 0 bridgehead atoms. The highest BCUT2D eigenvalue weighted by Gasteiger charge is 2.24. The van der Waals surface area contributed by atoms with Crippen LogP contribution in [0.5, 0.6) is 17.2 Å². The lowest BCUT2D eigenvalue weighted by Gasteiger charge is -2.35. The fraction of sp³-hybridized carbons (Fsp3) is 0.538. The molecule has 184 valence electrons. The topological polar surface area (TPSA) is 67.4 Å². The maximum Gasteiger partial charge on any atom is 0.255 e. The minimum atomic E-state index is 0.0539. The first-order valence-electron chi connectivity index (χ1n) is 12.1. The van der Waals surface area contributed by atoms with Crippen molar-refractivity contribution >= 4 is 11.7 Å². The van der Waals surface area contributed by atoms with Gasteiger partial charge in [0.05, 0.1) is 26.9 Å². The van der Waals surface area contributed by atoms with Crippen LogP contribution in [0.1, 0.15) is 41.6 Å². The number of methoxy groups -OCH3 is 3. The van der Waals surface area contributed by atoms with Gasteiger partial charge in [-0.15, -0.1) is 0 Å². The molecular formula is C26H36N4O4. The van der Waals surface area contributed by atoms with E-state index in [4.69, 9.17) is 14.2 Å². The van der Waals surface area contributed by atoms with E-state index in [-0.39, 0.29) is 5.91 Å². The molecule has 3 heterocycles. The normalized spacial score (nSPS) is 17.3. The molecule has 0 atom stereocenters. The maximum absolute atomic E-state index is 13.1. The van der Waals surface area contributed by atoms with Crippen LogP contribution in [-0.4, -0.2) is 81.3 Å². The number of rotatable bonds is 7. The Balaban J connectivity index is 1.34. The Kier molecular flexibility index (Phi) is 8.11. The molecule has 4 rings (SSSR count). The summed E-state index contributed by atoms with van der Waals surface area (Å²) in [5, 5.41) is 0. The summed E-state index contributed by atoms with van der Waals surface area (Å²) in [4.78, 5) is 24.3. The number of piperazine rings is 1. The summed E-state index contributed by atoms with van der Waals surface area (Å²) in [7, 11) is 4.87. The summed E-state index contributed by atoms with van der Waals surface area (Å²) in [5.74, 6) is 2.97. The van der Waals surface area contributed by atoms with E-state index in [1.54, 1.807) is 27.5 Å². The van der Waals surface area contributed by atoms with Crippen LogP contribution in [0.4, 0.5) is 5.82 Å². The molecule has 1 aromatic carbocycles. The van der Waals surface area contributed by atoms with Crippen LogP contribution >= 0.6 is 0 Å². The van der Waals surface area contributed by atoms with Crippen LogP contribution in [0.25, 0.3) is 0 Å². The molecule has 34 heavy (non-hydrogen) atoms. The van der Waals surface area contributed by atoms with Gasteiger partial charge in [-0.1, -0.05) is 18.9 Å². The van der Waals surface area contributed by atoms with Gasteiger partial charge < -0.3 is 24.0 Å². The lowest BCUT2D eigenvalue weighted by molar-refractivity contribution is 0.0627. The molecule has 2 fully saturated rings. The Hall–Kier alpha value is -3.00. The summed E-state index contributed by atoms with van der Waals surface area (Å²) in [6.45, 7) is 5.77. The monoisotopic (exact) mass is 468 g/mol. The second kappa shape index (κ2) is 11.4. The Labute approximate surface area is 202 Å². The lowest BCUT2D eigenvalue weighted by atomic mass is 10.1. The summed E-state index contributed by atoms with van der Waals surface area (Å²) >= 11 is 0. The molecular weight excluding hydrogens is 432 g/mol. The number of carbonyl (C=O) groups excluding carboxylic acids is 1. The van der Waals surface area contributed by atoms with Crippen molar-refractivity contribution in [2.45, 2.75) is 32.2 Å². The Morgan fingerprint density at radius 2 is 1.53 bits per heavy atom. The van der Waals surface area contributed by atoms with E-state index in [0.717, 1.165) is 44.1 Å². The Morgan fingerprint density at radius 3 is 2.12 bits per heavy atom. The van der Waals surface area contributed by atoms with Crippen LogP contribution in [-0.2, 0) is 6.54 Å². The maximum atomic E-state index is 13.1. The summed E-state index contributed by atoms with van der Waals surface area (Å²) < 4.78 is 16.5. The van der Waals surface area contributed by atoms with Crippen LogP contribution in [0, 0.1) is 0 Å². The number of nitrogens with zero attached hydrogens (tertiary/aromatic N) is 4. The first-order chi connectivity index (χ1) is 16.6. The van der Waals surface area contributed by atoms with Gasteiger partial charge in [0.15, 0.2) is 11.5 Å². The molecule has 2 aliphatic rings. The third-order valence-corrected chi connectivity index (χ3v) is 6.76. The largest absolute Gasteiger partial charge is 0.493 e. The quantitative estimate of drug-likeness (QED) is 0.617. The van der Waals surface area contributed by atoms with Crippen molar-refractivity contribution < 1.29 is 19.0 Å². The molecule has 0 N–H and O–H groups in total. The van der Waals surface area contributed by atoms with Gasteiger partial charge in [0, 0.05) is 57.6 Å². The van der Waals surface area contributed by atoms with Crippen molar-refractivity contribution in [3.63, 3.8) is 0 Å². The van der Waals surface area contributed by atoms with Crippen LogP contribution in [0.15, 0.2) is 30.5 Å². The average molecular weight is 469 g/mol. The zero-order chi connectivity index (χ0) is 23.9. The molecule has 0 spiro atoms. The molecule has 8 heteroatoms. The molecule has 2 saturated heterocycles. The van der Waals surface area contributed by atoms with Crippen LogP contribution < -0.4 is 19.1 Å². The summed E-state index contributed by atoms with van der Waals surface area (Å²) in [6, 6.07) is 7.84. The van der Waals surface area contributed by atoms with Crippen molar-refractivity contribution in [3.05, 3.63) is 41.6 Å². The number of pyridine rings is 1. The van der Waals surface area contributed by atoms with Gasteiger partial charge in [-0.3, -0.25) is 9.69 Å². The van der Waals surface area contributed by atoms with E-state index in [9.17, 15) is 4.79 Å². The Morgan fingerprint density at radius 1 is 0.824 bits per heavy atom. The zero-order valence-corrected chi connectivity index (χ0v) is 20.6. The van der Waals surface area contributed by atoms with E-state index in [0.29, 0.717) is 35.9 Å². The zero-order valence-electron chi connectivity index (χ0n) is 20.6. The number of hydrogen-bond donors (Lipinski definition) is 0. The predicted octanol–water partition coefficient (Wildman–Crippen LogP) is 3.45. The number of benzene rings is 1. The highest BCUT2D eigenvalue weighted by atomic mass is 16.5. The SMILES string of the molecule is COc1ccc(CN2CCN(C(=O)c3ccc(N4CCCCCC4)nc3)CC2)c(OC)c1OC. The predicted molar refractivity (Wildman–Crippen MR) is 132 cm³/mol. The van der Waals surface area contributed by atoms with Gasteiger partial charge in [-0.05, 0) is 31.0 Å². The van der Waals surface area contributed by atoms with Crippen molar-refractivity contribution in [1.82, 2.24) is 14.8 Å². The Bertz CT molecular complexity index is 950. The molecule has 1 amide bonds. The minimum Gasteiger partial charge on any atom is -0.493 e. The average Bonchev–Trinajstić information content (AvgIpc) is 3.18. The third-order valence-electron chi connectivity index (χ3n) is 6.76. The first-order valence-corrected chi connectivity index (χ1v) is 12.1. The van der Waals surface area contributed by atoms with E-state index in [1.807, 2.05) is 29.2 Å². The number of carbonyl (C=O) groups is 1. The second-order valence-electron chi connectivity index (χ2n) is 8.87. The van der Waals surface area contributed by atoms with E-state index < -0.39 is 0 Å². The van der Waals surface area contributed by atoms with E-state index >= 15 is 0 Å². The molecule has 0 unspecified atom stereocenters. The van der Waals surface area contributed by atoms with Crippen molar-refractivity contribution in [1.29, 1.82) is 0 Å². The molecule has 0 radical (unpaired) electrons. The number of hydrogen-bond acceptors (Lipinski definition) is 7. The van der Waals surface area contributed by atoms with Gasteiger partial charge in [0.2, 0.25) is 5.75 Å². The highest BCUT2D eigenvalue weighted by Crippen LogP contribution is 2.40. The fourth-order valence-corrected chi connectivity index (χ4v) is 4.82. The van der Waals surface area contributed by atoms with Crippen molar-refractivity contribution in [2.75, 3.05) is 65.5 Å². The smallest absolute Gasteiger partial charge is 0.255 e. The molecule has 8 nitrogen and oxygen atoms in total. The molecule has 0 aliphatic carbocycles. The van der Waals surface area contributed by atoms with Gasteiger partial charge >= 0.3 is 0 Å². The molecule has 2 aliphatic heterocycles. The summed E-state index contributed by atoms with van der Waals surface area (Å²) in [6.07, 6.45) is 6.74. The number of aromatic nitrogens is 1. The van der Waals surface area contributed by atoms with Gasteiger partial charge in [0.1, 0.15) is 5.82 Å². The molecule has 2 aromatic rings. The van der Waals surface area contributed by atoms with Crippen molar-refractivity contribution in [3.8, 4) is 17.2 Å². The fourth-order valence-electron chi connectivity index (χ4n) is 4.82. The summed E-state index contributed by atoms with van der Waals surface area (Å²) in [5.41, 5.74) is 1.70. The van der Waals surface area contributed by atoms with Crippen LogP contribution in [0.3, 0.4) is 0 Å². The molecule has 1 aromatic heterocycles. The van der Waals surface area contributed by atoms with Gasteiger partial charge in [-0.2, -0.15) is 0 Å². The van der Waals surface area contributed by atoms with Gasteiger partial charge in [-0.25, -0.2) is 4.98 Å². The van der Waals surface area contributed by atoms with Crippen molar-refractivity contribution in [2.24, 2.45) is 0 Å². The number of anilines is 1. The first kappa shape index (κ1) is 24.1. The van der Waals surface area contributed by atoms with Crippen LogP contribution in [0.2, 0.25) is 0 Å². The molecule has 0 saturated carbocycles. The lowest BCUT2D eigenvalue weighted by Crippen LogP contribution is -2.48. The standard InChI is InChI=1S/C26H36N4O4/c1-32-22-10-8-21(24(33-2)25(22)34-3)19-28-14-16-30(17-15-28)26(31)20-9-11-23(27-18-20)29-12-6-4-5-7-13-29/h8-11,18H,4-7,12-17,19H2,1-3H3. The number of amides is 1. The third kappa shape index (κ3) is 5.38. The number of ether oxygens (including phenoxy) is 3. The highest BCUT2D eigenvalue weighted by molar-refractivity contribution is 5.94. The van der Waals surface area contributed by atoms with Gasteiger partial charge in [0.25, 0.3) is 5.91 Å². The second-order valence-corrected chi connectivity index (χ2v) is 8.87. The van der Waals surface area contributed by atoms with E-state index in [2.05, 4.69) is 14.8 Å².